The van der Waals surface area contributed by atoms with Gasteiger partial charge in [0.05, 0.1) is 31.5 Å². The molecule has 0 amide bonds. The van der Waals surface area contributed by atoms with Crippen molar-refractivity contribution in [2.45, 2.75) is 24.1 Å². The third kappa shape index (κ3) is 7.31. The van der Waals surface area contributed by atoms with Gasteiger partial charge in [-0.05, 0) is 48.7 Å². The van der Waals surface area contributed by atoms with Gasteiger partial charge in [-0.1, -0.05) is 41.9 Å². The van der Waals surface area contributed by atoms with Gasteiger partial charge < -0.3 is 18.9 Å². The topological polar surface area (TPSA) is 91.6 Å². The minimum Gasteiger partial charge on any atom is -0.495 e. The molecule has 0 saturated heterocycles. The highest BCUT2D eigenvalue weighted by molar-refractivity contribution is 7.81. The summed E-state index contributed by atoms with van der Waals surface area (Å²) in [6.07, 6.45) is 7.06. The number of ether oxygens (including phenoxy) is 4. The van der Waals surface area contributed by atoms with Gasteiger partial charge >= 0.3 is 5.97 Å². The van der Waals surface area contributed by atoms with Crippen molar-refractivity contribution in [1.29, 1.82) is 0 Å². The third-order valence-corrected chi connectivity index (χ3v) is 6.14. The standard InChI is InChI=1S/C27H26ClN3O5S/c1-33-22-15-20(17-29-18-22)26-30-31-27(37,36-26)21-10-11-24(23(28)16-21)34-13-5-6-14-35-25(32)12-9-19-7-3-2-4-8-19/h2-4,7-12,15-18,26,37H,5-6,13-14H2,1H3. The van der Waals surface area contributed by atoms with Crippen LogP contribution in [0.1, 0.15) is 35.8 Å². The number of halogens is 1. The van der Waals surface area contributed by atoms with Crippen LogP contribution in [0.2, 0.25) is 5.02 Å². The first-order chi connectivity index (χ1) is 18.0. The summed E-state index contributed by atoms with van der Waals surface area (Å²) in [7, 11) is 1.56. The fraction of sp³-hybridized carbons (Fsp3) is 0.259. The molecule has 10 heteroatoms. The number of esters is 1. The van der Waals surface area contributed by atoms with Crippen molar-refractivity contribution in [1.82, 2.24) is 4.98 Å². The molecule has 1 aliphatic rings. The molecule has 0 spiro atoms. The van der Waals surface area contributed by atoms with Crippen LogP contribution in [0.3, 0.4) is 0 Å². The quantitative estimate of drug-likeness (QED) is 0.131. The molecule has 0 bridgehead atoms. The SMILES string of the molecule is COc1cncc(C2N=NC(S)(c3ccc(OCCCCOC(=O)C=Cc4ccccc4)c(Cl)c3)O2)c1. The van der Waals surface area contributed by atoms with E-state index >= 15 is 0 Å². The van der Waals surface area contributed by atoms with Crippen molar-refractivity contribution in [3.05, 3.63) is 94.8 Å². The van der Waals surface area contributed by atoms with E-state index in [0.717, 1.165) is 5.56 Å². The molecule has 3 aromatic rings. The number of nitrogens with zero attached hydrogens (tertiary/aromatic N) is 3. The number of azo groups is 1. The normalized spacial score (nSPS) is 18.7. The van der Waals surface area contributed by atoms with E-state index in [-0.39, 0.29) is 5.97 Å². The maximum atomic E-state index is 11.8. The molecule has 4 rings (SSSR count). The van der Waals surface area contributed by atoms with E-state index in [2.05, 4.69) is 27.8 Å². The summed E-state index contributed by atoms with van der Waals surface area (Å²) in [5.74, 6) is 0.740. The Bertz CT molecular complexity index is 1270. The average Bonchev–Trinajstić information content (AvgIpc) is 3.34. The predicted molar refractivity (Wildman–Crippen MR) is 143 cm³/mol. The minimum absolute atomic E-state index is 0.308. The van der Waals surface area contributed by atoms with Gasteiger partial charge in [-0.25, -0.2) is 4.79 Å². The van der Waals surface area contributed by atoms with Crippen molar-refractivity contribution < 1.29 is 23.7 Å². The van der Waals surface area contributed by atoms with Gasteiger partial charge in [0, 0.05) is 23.4 Å². The van der Waals surface area contributed by atoms with E-state index in [0.29, 0.717) is 53.7 Å². The molecule has 37 heavy (non-hydrogen) atoms. The van der Waals surface area contributed by atoms with Crippen LogP contribution >= 0.6 is 24.2 Å². The largest absolute Gasteiger partial charge is 0.495 e. The minimum atomic E-state index is -1.30. The van der Waals surface area contributed by atoms with Gasteiger partial charge in [-0.2, -0.15) is 5.11 Å². The fourth-order valence-electron chi connectivity index (χ4n) is 3.43. The third-order valence-electron chi connectivity index (χ3n) is 5.39. The van der Waals surface area contributed by atoms with Crippen molar-refractivity contribution in [3.63, 3.8) is 0 Å². The van der Waals surface area contributed by atoms with Crippen molar-refractivity contribution >= 4 is 36.3 Å². The number of unbranched alkanes of at least 4 members (excludes halogenated alkanes) is 1. The van der Waals surface area contributed by atoms with E-state index < -0.39 is 11.3 Å². The Morgan fingerprint density at radius 1 is 1.14 bits per heavy atom. The highest BCUT2D eigenvalue weighted by Crippen LogP contribution is 2.45. The number of rotatable bonds is 11. The van der Waals surface area contributed by atoms with Gasteiger partial charge in [0.1, 0.15) is 11.5 Å². The summed E-state index contributed by atoms with van der Waals surface area (Å²) in [6, 6.07) is 16.6. The lowest BCUT2D eigenvalue weighted by atomic mass is 10.2. The fourth-order valence-corrected chi connectivity index (χ4v) is 3.96. The van der Waals surface area contributed by atoms with Gasteiger partial charge in [0.2, 0.25) is 0 Å². The molecule has 0 fully saturated rings. The summed E-state index contributed by atoms with van der Waals surface area (Å²) < 4.78 is 22.2. The number of carbonyl (C=O) groups is 1. The highest BCUT2D eigenvalue weighted by Gasteiger charge is 2.39. The summed E-state index contributed by atoms with van der Waals surface area (Å²) in [4.78, 5) is 15.9. The molecule has 0 radical (unpaired) electrons. The Hall–Kier alpha value is -3.40. The molecule has 0 aliphatic carbocycles. The molecule has 1 aliphatic heterocycles. The second-order valence-corrected chi connectivity index (χ2v) is 9.08. The van der Waals surface area contributed by atoms with E-state index in [1.165, 1.54) is 6.08 Å². The zero-order valence-corrected chi connectivity index (χ0v) is 21.8. The van der Waals surface area contributed by atoms with E-state index in [1.807, 2.05) is 30.3 Å². The molecule has 0 N–H and O–H groups in total. The molecule has 1 aromatic heterocycles. The molecule has 192 valence electrons. The Labute approximate surface area is 225 Å². The number of carbonyl (C=O) groups excluding carboxylic acids is 1. The second kappa shape index (κ2) is 12.7. The zero-order valence-electron chi connectivity index (χ0n) is 20.1. The van der Waals surface area contributed by atoms with Gasteiger partial charge in [0.25, 0.3) is 5.06 Å². The molecule has 2 atom stereocenters. The Morgan fingerprint density at radius 3 is 2.73 bits per heavy atom. The van der Waals surface area contributed by atoms with Crippen LogP contribution in [0.4, 0.5) is 0 Å². The van der Waals surface area contributed by atoms with E-state index in [4.69, 9.17) is 30.5 Å². The predicted octanol–water partition coefficient (Wildman–Crippen LogP) is 6.38. The zero-order chi connectivity index (χ0) is 26.1. The molecule has 2 aromatic carbocycles. The number of thiol groups is 1. The van der Waals surface area contributed by atoms with Crippen molar-refractivity contribution in [2.24, 2.45) is 10.2 Å². The number of pyridine rings is 1. The van der Waals surface area contributed by atoms with Crippen LogP contribution in [-0.2, 0) is 19.3 Å². The van der Waals surface area contributed by atoms with Crippen LogP contribution in [-0.4, -0.2) is 31.3 Å². The first-order valence-electron chi connectivity index (χ1n) is 11.6. The Morgan fingerprint density at radius 2 is 1.95 bits per heavy atom. The van der Waals surface area contributed by atoms with Gasteiger partial charge in [0.15, 0.2) is 6.23 Å². The van der Waals surface area contributed by atoms with Gasteiger partial charge in [-0.3, -0.25) is 4.98 Å². The lowest BCUT2D eigenvalue weighted by Gasteiger charge is -2.21. The molecular weight excluding hydrogens is 514 g/mol. The first-order valence-corrected chi connectivity index (χ1v) is 12.4. The molecule has 8 nitrogen and oxygen atoms in total. The van der Waals surface area contributed by atoms with Crippen LogP contribution in [0.15, 0.2) is 83.3 Å². The van der Waals surface area contributed by atoms with Crippen LogP contribution in [0, 0.1) is 0 Å². The monoisotopic (exact) mass is 539 g/mol. The lowest BCUT2D eigenvalue weighted by Crippen LogP contribution is -2.17. The summed E-state index contributed by atoms with van der Waals surface area (Å²) in [5, 5.41) is 7.51. The maximum absolute atomic E-state index is 11.8. The average molecular weight is 540 g/mol. The molecule has 2 heterocycles. The second-order valence-electron chi connectivity index (χ2n) is 8.06. The Kier molecular flexibility index (Phi) is 9.16. The van der Waals surface area contributed by atoms with Crippen LogP contribution in [0.25, 0.3) is 6.08 Å². The number of hydrogen-bond donors (Lipinski definition) is 1. The molecular formula is C27H26ClN3O5S. The summed E-state index contributed by atoms with van der Waals surface area (Å²) >= 11 is 11.0. The Balaban J connectivity index is 1.21. The van der Waals surface area contributed by atoms with E-state index in [9.17, 15) is 4.79 Å². The molecule has 0 saturated carbocycles. The first kappa shape index (κ1) is 26.7. The number of hydrogen-bond acceptors (Lipinski definition) is 9. The lowest BCUT2D eigenvalue weighted by molar-refractivity contribution is -0.137. The summed E-state index contributed by atoms with van der Waals surface area (Å²) in [6.45, 7) is 0.728. The highest BCUT2D eigenvalue weighted by atomic mass is 35.5. The van der Waals surface area contributed by atoms with Crippen molar-refractivity contribution in [2.75, 3.05) is 20.3 Å². The van der Waals surface area contributed by atoms with E-state index in [1.54, 1.807) is 49.8 Å². The van der Waals surface area contributed by atoms with Crippen LogP contribution < -0.4 is 9.47 Å². The number of aromatic nitrogens is 1. The summed E-state index contributed by atoms with van der Waals surface area (Å²) in [5.41, 5.74) is 2.25. The number of methoxy groups -OCH3 is 1. The van der Waals surface area contributed by atoms with Gasteiger partial charge in [-0.15, -0.1) is 17.7 Å². The van der Waals surface area contributed by atoms with Crippen LogP contribution in [0.5, 0.6) is 11.5 Å². The maximum Gasteiger partial charge on any atom is 0.330 e. The van der Waals surface area contributed by atoms with Crippen molar-refractivity contribution in [3.8, 4) is 11.5 Å². The molecule has 2 unspecified atom stereocenters. The number of benzene rings is 2. The smallest absolute Gasteiger partial charge is 0.330 e.